The summed E-state index contributed by atoms with van der Waals surface area (Å²) in [6.07, 6.45) is -1.68. The molecule has 1 atom stereocenters. The van der Waals surface area contributed by atoms with E-state index in [9.17, 15) is 8.78 Å². The van der Waals surface area contributed by atoms with E-state index in [2.05, 4.69) is 63.7 Å². The molecule has 0 bridgehead atoms. The van der Waals surface area contributed by atoms with E-state index in [4.69, 9.17) is 0 Å². The predicted octanol–water partition coefficient (Wildman–Crippen LogP) is 3.85. The predicted molar refractivity (Wildman–Crippen MR) is 48.2 cm³/mol. The first kappa shape index (κ1) is 10.8. The second-order valence-electron chi connectivity index (χ2n) is 1.28. The Bertz CT molecular complexity index is 88.3. The maximum absolute atomic E-state index is 12.5. The first-order valence-corrected chi connectivity index (χ1v) is 5.26. The van der Waals surface area contributed by atoms with Gasteiger partial charge in [0.15, 0.2) is 6.17 Å². The molecular weight excluding hydrogens is 394 g/mol. The van der Waals surface area contributed by atoms with E-state index in [0.29, 0.717) is 0 Å². The Labute approximate surface area is 85.3 Å². The Morgan fingerprint density at radius 3 is 1.56 bits per heavy atom. The van der Waals surface area contributed by atoms with Crippen molar-refractivity contribution in [3.63, 3.8) is 0 Å². The van der Waals surface area contributed by atoms with Crippen molar-refractivity contribution in [2.45, 2.75) is 13.4 Å². The molecule has 0 aromatic carbocycles. The van der Waals surface area contributed by atoms with E-state index >= 15 is 0 Å². The molecule has 0 aromatic rings. The fourth-order valence-electron chi connectivity index (χ4n) is 0.143. The van der Waals surface area contributed by atoms with Crippen LogP contribution in [0, 0.1) is 0 Å². The summed E-state index contributed by atoms with van der Waals surface area (Å²) in [6.45, 7) is 0. The summed E-state index contributed by atoms with van der Waals surface area (Å²) < 4.78 is 22.0. The van der Waals surface area contributed by atoms with Crippen molar-refractivity contribution < 1.29 is 8.78 Å². The molecule has 9 heavy (non-hydrogen) atoms. The molecule has 0 spiro atoms. The number of rotatable bonds is 2. The van der Waals surface area contributed by atoms with Gasteiger partial charge in [0.2, 0.25) is 0 Å². The lowest BCUT2D eigenvalue weighted by Crippen LogP contribution is -2.26. The third-order valence-corrected chi connectivity index (χ3v) is 2.34. The molecule has 0 nitrogen and oxygen atoms in total. The van der Waals surface area contributed by atoms with Gasteiger partial charge in [0.1, 0.15) is 3.74 Å². The van der Waals surface area contributed by atoms with Gasteiger partial charge in [-0.15, -0.1) is 0 Å². The van der Waals surface area contributed by atoms with Gasteiger partial charge in [0.05, 0.1) is 0 Å². The standard InChI is InChI=1S/C3H2Br4F2/c4-2(5)1(8)3(6,7)9/h1-2H. The minimum Gasteiger partial charge on any atom is -0.240 e. The van der Waals surface area contributed by atoms with Crippen molar-refractivity contribution >= 4 is 63.7 Å². The van der Waals surface area contributed by atoms with Crippen molar-refractivity contribution in [3.8, 4) is 0 Å². The summed E-state index contributed by atoms with van der Waals surface area (Å²) in [5.74, 6) is 0. The Morgan fingerprint density at radius 2 is 1.56 bits per heavy atom. The quantitative estimate of drug-likeness (QED) is 0.623. The van der Waals surface area contributed by atoms with Crippen LogP contribution in [0.3, 0.4) is 0 Å². The SMILES string of the molecule is FC(C(Br)Br)C(F)(Br)Br. The number of alkyl halides is 6. The fraction of sp³-hybridized carbons (Fsp3) is 1.00. The first-order chi connectivity index (χ1) is 3.85. The average molecular weight is 396 g/mol. The summed E-state index contributed by atoms with van der Waals surface area (Å²) in [5, 5.41) is 0. The fourth-order valence-corrected chi connectivity index (χ4v) is 2.82. The maximum Gasteiger partial charge on any atom is 0.251 e. The molecule has 0 rings (SSSR count). The Hall–Kier alpha value is 1.78. The van der Waals surface area contributed by atoms with Crippen molar-refractivity contribution in [1.29, 1.82) is 0 Å². The third-order valence-electron chi connectivity index (χ3n) is 0.534. The van der Waals surface area contributed by atoms with Gasteiger partial charge in [-0.25, -0.2) is 8.78 Å². The van der Waals surface area contributed by atoms with E-state index in [-0.39, 0.29) is 0 Å². The van der Waals surface area contributed by atoms with Crippen molar-refractivity contribution in [2.75, 3.05) is 0 Å². The van der Waals surface area contributed by atoms with E-state index in [1.165, 1.54) is 0 Å². The second-order valence-corrected chi connectivity index (χ2v) is 7.85. The smallest absolute Gasteiger partial charge is 0.240 e. The van der Waals surface area contributed by atoms with Gasteiger partial charge in [-0.2, -0.15) is 0 Å². The zero-order chi connectivity index (χ0) is 7.65. The average Bonchev–Trinajstić information content (AvgIpc) is 1.62. The summed E-state index contributed by atoms with van der Waals surface area (Å²) in [6, 6.07) is 0. The van der Waals surface area contributed by atoms with Crippen molar-refractivity contribution in [2.24, 2.45) is 0 Å². The van der Waals surface area contributed by atoms with Gasteiger partial charge in [-0.3, -0.25) is 0 Å². The highest BCUT2D eigenvalue weighted by molar-refractivity contribution is 9.26. The molecular formula is C3H2Br4F2. The van der Waals surface area contributed by atoms with E-state index in [1.54, 1.807) is 0 Å². The lowest BCUT2D eigenvalue weighted by atomic mass is 10.5. The van der Waals surface area contributed by atoms with E-state index in [1.807, 2.05) is 0 Å². The molecule has 0 heterocycles. The van der Waals surface area contributed by atoms with Crippen LogP contribution in [0.1, 0.15) is 0 Å². The van der Waals surface area contributed by atoms with Crippen LogP contribution >= 0.6 is 63.7 Å². The molecule has 0 aliphatic rings. The highest BCUT2D eigenvalue weighted by atomic mass is 79.9. The molecule has 0 fully saturated rings. The molecule has 0 saturated heterocycles. The van der Waals surface area contributed by atoms with Crippen LogP contribution in [-0.2, 0) is 0 Å². The monoisotopic (exact) mass is 392 g/mol. The van der Waals surface area contributed by atoms with Gasteiger partial charge in [0, 0.05) is 0 Å². The van der Waals surface area contributed by atoms with Gasteiger partial charge >= 0.3 is 0 Å². The van der Waals surface area contributed by atoms with Crippen LogP contribution in [-0.4, -0.2) is 13.4 Å². The molecule has 0 aliphatic heterocycles. The number of halogens is 6. The molecule has 6 heteroatoms. The normalized spacial score (nSPS) is 16.3. The van der Waals surface area contributed by atoms with E-state index < -0.39 is 13.4 Å². The first-order valence-electron chi connectivity index (χ1n) is 1.84. The summed E-state index contributed by atoms with van der Waals surface area (Å²) in [5.41, 5.74) is 0. The Morgan fingerprint density at radius 1 is 1.22 bits per heavy atom. The lowest BCUT2D eigenvalue weighted by Gasteiger charge is -2.16. The molecule has 0 aromatic heterocycles. The summed E-state index contributed by atoms with van der Waals surface area (Å²) in [7, 11) is 0. The number of hydrogen-bond donors (Lipinski definition) is 0. The second kappa shape index (κ2) is 3.97. The number of hydrogen-bond acceptors (Lipinski definition) is 0. The highest BCUT2D eigenvalue weighted by Gasteiger charge is 2.37. The molecule has 56 valence electrons. The maximum atomic E-state index is 12.5. The van der Waals surface area contributed by atoms with Gasteiger partial charge in [-0.1, -0.05) is 31.9 Å². The summed E-state index contributed by atoms with van der Waals surface area (Å²) in [4.78, 5) is 0. The molecule has 0 radical (unpaired) electrons. The third kappa shape index (κ3) is 4.27. The van der Waals surface area contributed by atoms with Crippen LogP contribution in [0.15, 0.2) is 0 Å². The zero-order valence-electron chi connectivity index (χ0n) is 3.92. The van der Waals surface area contributed by atoms with E-state index in [0.717, 1.165) is 0 Å². The topological polar surface area (TPSA) is 0 Å². The molecule has 0 N–H and O–H groups in total. The van der Waals surface area contributed by atoms with Gasteiger partial charge < -0.3 is 0 Å². The lowest BCUT2D eigenvalue weighted by molar-refractivity contribution is 0.239. The van der Waals surface area contributed by atoms with Crippen LogP contribution < -0.4 is 0 Å². The highest BCUT2D eigenvalue weighted by Crippen LogP contribution is 2.39. The molecule has 0 aliphatic carbocycles. The van der Waals surface area contributed by atoms with Crippen molar-refractivity contribution in [1.82, 2.24) is 0 Å². The van der Waals surface area contributed by atoms with Crippen LogP contribution in [0.2, 0.25) is 0 Å². The largest absolute Gasteiger partial charge is 0.251 e. The van der Waals surface area contributed by atoms with Crippen LogP contribution in [0.5, 0.6) is 0 Å². The minimum atomic E-state index is -2.16. The van der Waals surface area contributed by atoms with Gasteiger partial charge in [0.25, 0.3) is 3.49 Å². The molecule has 0 saturated carbocycles. The van der Waals surface area contributed by atoms with Gasteiger partial charge in [-0.05, 0) is 31.9 Å². The van der Waals surface area contributed by atoms with Crippen molar-refractivity contribution in [3.05, 3.63) is 0 Å². The Kier molecular flexibility index (Phi) is 4.76. The molecule has 0 amide bonds. The summed E-state index contributed by atoms with van der Waals surface area (Å²) >= 11 is 10.6. The minimum absolute atomic E-state index is 0.700. The Balaban J connectivity index is 3.88. The van der Waals surface area contributed by atoms with Crippen LogP contribution in [0.4, 0.5) is 8.78 Å². The zero-order valence-corrected chi connectivity index (χ0v) is 10.3. The molecule has 1 unspecified atom stereocenters. The van der Waals surface area contributed by atoms with Crippen LogP contribution in [0.25, 0.3) is 0 Å².